The van der Waals surface area contributed by atoms with Crippen LogP contribution >= 0.6 is 0 Å². The summed E-state index contributed by atoms with van der Waals surface area (Å²) in [6.07, 6.45) is -10.7. The average Bonchev–Trinajstić information content (AvgIpc) is 2.06. The molecule has 0 aliphatic carbocycles. The van der Waals surface area contributed by atoms with E-state index >= 15 is 0 Å². The first-order valence-electron chi connectivity index (χ1n) is 4.38. The number of hydrogen-bond acceptors (Lipinski definition) is 4. The minimum atomic E-state index is -4.82. The Bertz CT molecular complexity index is 225. The second-order valence-corrected chi connectivity index (χ2v) is 3.85. The van der Waals surface area contributed by atoms with Crippen molar-refractivity contribution in [3.8, 4) is 0 Å². The van der Waals surface area contributed by atoms with Crippen LogP contribution in [0.4, 0.5) is 13.2 Å². The fraction of sp³-hybridized carbons (Fsp3) is 1.00. The molecule has 1 fully saturated rings. The zero-order chi connectivity index (χ0) is 11.9. The molecule has 0 unspecified atom stereocenters. The van der Waals surface area contributed by atoms with Crippen molar-refractivity contribution < 1.29 is 32.9 Å². The van der Waals surface area contributed by atoms with Gasteiger partial charge in [0.05, 0.1) is 6.61 Å². The molecule has 0 aromatic carbocycles. The van der Waals surface area contributed by atoms with Crippen molar-refractivity contribution >= 4 is 0 Å². The number of alkyl halides is 3. The van der Waals surface area contributed by atoms with E-state index in [2.05, 4.69) is 0 Å². The molecule has 90 valence electrons. The van der Waals surface area contributed by atoms with Crippen LogP contribution in [0, 0.1) is 0 Å². The van der Waals surface area contributed by atoms with Gasteiger partial charge in [0.15, 0.2) is 11.9 Å². The third-order valence-electron chi connectivity index (χ3n) is 2.05. The number of hydrogen-bond donors (Lipinski definition) is 2. The lowest BCUT2D eigenvalue weighted by molar-refractivity contribution is -0.345. The predicted molar refractivity (Wildman–Crippen MR) is 43.0 cm³/mol. The van der Waals surface area contributed by atoms with Crippen LogP contribution in [-0.4, -0.2) is 47.1 Å². The van der Waals surface area contributed by atoms with E-state index in [-0.39, 0.29) is 6.61 Å². The Morgan fingerprint density at radius 1 is 1.40 bits per heavy atom. The standard InChI is InChI=1S/C8H13F3O4/c1-7(2)14-3-4(12)5(15-7)6(13)8(9,10)11/h4-6,12-13H,3H2,1-2H3/t4-,5-,6-/m1/s1. The van der Waals surface area contributed by atoms with Gasteiger partial charge in [0.2, 0.25) is 0 Å². The van der Waals surface area contributed by atoms with Crippen molar-refractivity contribution in [1.29, 1.82) is 0 Å². The maximum absolute atomic E-state index is 12.2. The topological polar surface area (TPSA) is 58.9 Å². The SMILES string of the molecule is CC1(C)OC[C@@H](O)[C@H]([C@@H](O)C(F)(F)F)O1. The van der Waals surface area contributed by atoms with Crippen molar-refractivity contribution in [2.75, 3.05) is 6.61 Å². The highest BCUT2D eigenvalue weighted by Gasteiger charge is 2.50. The summed E-state index contributed by atoms with van der Waals surface area (Å²) >= 11 is 0. The molecule has 1 aliphatic heterocycles. The Hall–Kier alpha value is -0.370. The van der Waals surface area contributed by atoms with E-state index in [9.17, 15) is 18.3 Å². The van der Waals surface area contributed by atoms with E-state index in [1.807, 2.05) is 0 Å². The molecule has 1 saturated heterocycles. The smallest absolute Gasteiger partial charge is 0.388 e. The lowest BCUT2D eigenvalue weighted by atomic mass is 10.1. The molecular formula is C8H13F3O4. The average molecular weight is 230 g/mol. The maximum Gasteiger partial charge on any atom is 0.417 e. The van der Waals surface area contributed by atoms with E-state index in [0.29, 0.717) is 0 Å². The van der Waals surface area contributed by atoms with Gasteiger partial charge in [-0.25, -0.2) is 0 Å². The number of aliphatic hydroxyl groups is 2. The zero-order valence-corrected chi connectivity index (χ0v) is 8.28. The second kappa shape index (κ2) is 3.89. The van der Waals surface area contributed by atoms with E-state index < -0.39 is 30.3 Å². The lowest BCUT2D eigenvalue weighted by Crippen LogP contribution is -2.57. The molecule has 2 N–H and O–H groups in total. The van der Waals surface area contributed by atoms with Crippen LogP contribution in [-0.2, 0) is 9.47 Å². The summed E-state index contributed by atoms with van der Waals surface area (Å²) in [5.41, 5.74) is 0. The molecule has 0 radical (unpaired) electrons. The second-order valence-electron chi connectivity index (χ2n) is 3.85. The molecular weight excluding hydrogens is 217 g/mol. The highest BCUT2D eigenvalue weighted by molar-refractivity contribution is 4.86. The van der Waals surface area contributed by atoms with Crippen molar-refractivity contribution in [1.82, 2.24) is 0 Å². The van der Waals surface area contributed by atoms with Gasteiger partial charge < -0.3 is 19.7 Å². The summed E-state index contributed by atoms with van der Waals surface area (Å²) < 4.78 is 46.3. The summed E-state index contributed by atoms with van der Waals surface area (Å²) in [5, 5.41) is 18.2. The molecule has 0 bridgehead atoms. The van der Waals surface area contributed by atoms with Crippen LogP contribution in [0.25, 0.3) is 0 Å². The van der Waals surface area contributed by atoms with Crippen LogP contribution < -0.4 is 0 Å². The summed E-state index contributed by atoms with van der Waals surface area (Å²) in [5.74, 6) is -1.24. The molecule has 0 spiro atoms. The normalized spacial score (nSPS) is 33.8. The highest BCUT2D eigenvalue weighted by Crippen LogP contribution is 2.31. The number of aliphatic hydroxyl groups excluding tert-OH is 2. The van der Waals surface area contributed by atoms with E-state index in [1.54, 1.807) is 0 Å². The first-order chi connectivity index (χ1) is 6.63. The number of ether oxygens (including phenoxy) is 2. The van der Waals surface area contributed by atoms with Crippen molar-refractivity contribution in [3.05, 3.63) is 0 Å². The van der Waals surface area contributed by atoms with Crippen LogP contribution in [0.2, 0.25) is 0 Å². The van der Waals surface area contributed by atoms with Crippen LogP contribution in [0.5, 0.6) is 0 Å². The van der Waals surface area contributed by atoms with Crippen molar-refractivity contribution in [2.45, 2.75) is 44.1 Å². The molecule has 0 aromatic rings. The first-order valence-corrected chi connectivity index (χ1v) is 4.38. The van der Waals surface area contributed by atoms with Gasteiger partial charge in [0.1, 0.15) is 12.2 Å². The molecule has 0 saturated carbocycles. The summed E-state index contributed by atoms with van der Waals surface area (Å²) in [6.45, 7) is 2.52. The number of rotatable bonds is 1. The van der Waals surface area contributed by atoms with Gasteiger partial charge in [-0.3, -0.25) is 0 Å². The molecule has 0 aromatic heterocycles. The quantitative estimate of drug-likeness (QED) is 0.685. The molecule has 4 nitrogen and oxygen atoms in total. The molecule has 1 aliphatic rings. The molecule has 1 rings (SSSR count). The number of halogens is 3. The molecule has 15 heavy (non-hydrogen) atoms. The Morgan fingerprint density at radius 2 is 1.93 bits per heavy atom. The molecule has 1 heterocycles. The lowest BCUT2D eigenvalue weighted by Gasteiger charge is -2.41. The van der Waals surface area contributed by atoms with E-state index in [1.165, 1.54) is 13.8 Å². The summed E-state index contributed by atoms with van der Waals surface area (Å²) in [6, 6.07) is 0. The third-order valence-corrected chi connectivity index (χ3v) is 2.05. The fourth-order valence-corrected chi connectivity index (χ4v) is 1.28. The maximum atomic E-state index is 12.2. The first kappa shape index (κ1) is 12.7. The van der Waals surface area contributed by atoms with Gasteiger partial charge in [-0.15, -0.1) is 0 Å². The highest BCUT2D eigenvalue weighted by atomic mass is 19.4. The largest absolute Gasteiger partial charge is 0.417 e. The van der Waals surface area contributed by atoms with Gasteiger partial charge in [0.25, 0.3) is 0 Å². The van der Waals surface area contributed by atoms with Gasteiger partial charge >= 0.3 is 6.18 Å². The minimum Gasteiger partial charge on any atom is -0.388 e. The molecule has 3 atom stereocenters. The third kappa shape index (κ3) is 3.04. The van der Waals surface area contributed by atoms with Crippen LogP contribution in [0.15, 0.2) is 0 Å². The fourth-order valence-electron chi connectivity index (χ4n) is 1.28. The zero-order valence-electron chi connectivity index (χ0n) is 8.28. The summed E-state index contributed by atoms with van der Waals surface area (Å²) in [7, 11) is 0. The van der Waals surface area contributed by atoms with Crippen molar-refractivity contribution in [3.63, 3.8) is 0 Å². The summed E-state index contributed by atoms with van der Waals surface area (Å²) in [4.78, 5) is 0. The molecule has 7 heteroatoms. The minimum absolute atomic E-state index is 0.301. The predicted octanol–water partition coefficient (Wildman–Crippen LogP) is 0.422. The Balaban J connectivity index is 2.74. The molecule has 0 amide bonds. The Kier molecular flexibility index (Phi) is 3.30. The Labute approximate surface area is 84.6 Å². The van der Waals surface area contributed by atoms with Crippen LogP contribution in [0.3, 0.4) is 0 Å². The Morgan fingerprint density at radius 3 is 2.40 bits per heavy atom. The van der Waals surface area contributed by atoms with E-state index in [0.717, 1.165) is 0 Å². The van der Waals surface area contributed by atoms with Crippen molar-refractivity contribution in [2.24, 2.45) is 0 Å². The monoisotopic (exact) mass is 230 g/mol. The van der Waals surface area contributed by atoms with Crippen LogP contribution in [0.1, 0.15) is 13.8 Å². The van der Waals surface area contributed by atoms with Gasteiger partial charge in [-0.1, -0.05) is 0 Å². The van der Waals surface area contributed by atoms with E-state index in [4.69, 9.17) is 14.6 Å². The van der Waals surface area contributed by atoms with Gasteiger partial charge in [-0.2, -0.15) is 13.2 Å². The van der Waals surface area contributed by atoms with Gasteiger partial charge in [0, 0.05) is 0 Å². The van der Waals surface area contributed by atoms with Gasteiger partial charge in [-0.05, 0) is 13.8 Å².